The van der Waals surface area contributed by atoms with Crippen LogP contribution in [0.4, 0.5) is 4.79 Å². The minimum absolute atomic E-state index is 0.307. The van der Waals surface area contributed by atoms with Crippen LogP contribution in [-0.4, -0.2) is 49.3 Å². The number of nitrogens with zero attached hydrogens (tertiary/aromatic N) is 1. The Bertz CT molecular complexity index is 289. The van der Waals surface area contributed by atoms with E-state index in [4.69, 9.17) is 10.5 Å². The number of carbonyl (C=O) groups excluding carboxylic acids is 1. The molecule has 1 heterocycles. The summed E-state index contributed by atoms with van der Waals surface area (Å²) >= 11 is 0. The zero-order valence-corrected chi connectivity index (χ0v) is 13.3. The topological polar surface area (TPSA) is 67.6 Å². The van der Waals surface area contributed by atoms with E-state index in [1.165, 1.54) is 12.8 Å². The average Bonchev–Trinajstić information content (AvgIpc) is 2.78. The van der Waals surface area contributed by atoms with E-state index in [1.807, 2.05) is 20.8 Å². The Labute approximate surface area is 123 Å². The minimum atomic E-state index is -0.422. The normalized spacial score (nSPS) is 20.1. The number of nitrogens with two attached hydrogens (primary N) is 1. The third-order valence-electron chi connectivity index (χ3n) is 3.48. The first kappa shape index (κ1) is 17.2. The van der Waals surface area contributed by atoms with Crippen molar-refractivity contribution in [2.75, 3.05) is 32.7 Å². The molecule has 1 atom stereocenters. The van der Waals surface area contributed by atoms with Gasteiger partial charge in [-0.1, -0.05) is 6.42 Å². The number of likely N-dealkylation sites (tertiary alicyclic amines) is 1. The number of hydrogen-bond donors (Lipinski definition) is 2. The summed E-state index contributed by atoms with van der Waals surface area (Å²) in [6, 6.07) is 0. The zero-order valence-electron chi connectivity index (χ0n) is 13.3. The number of ether oxygens (including phenoxy) is 1. The number of nitrogens with one attached hydrogen (secondary N) is 1. The quantitative estimate of drug-likeness (QED) is 0.702. The molecule has 1 rings (SSSR count). The fourth-order valence-electron chi connectivity index (χ4n) is 2.48. The summed E-state index contributed by atoms with van der Waals surface area (Å²) in [6.07, 6.45) is 4.42. The van der Waals surface area contributed by atoms with Crippen molar-refractivity contribution in [2.45, 2.75) is 52.1 Å². The molecule has 118 valence electrons. The van der Waals surface area contributed by atoms with Crippen LogP contribution in [0.2, 0.25) is 0 Å². The second-order valence-electron chi connectivity index (χ2n) is 6.69. The van der Waals surface area contributed by atoms with E-state index in [2.05, 4.69) is 10.2 Å². The first-order chi connectivity index (χ1) is 9.40. The molecule has 5 heteroatoms. The van der Waals surface area contributed by atoms with Gasteiger partial charge in [0.15, 0.2) is 0 Å². The van der Waals surface area contributed by atoms with Crippen LogP contribution >= 0.6 is 0 Å². The number of rotatable bonds is 7. The van der Waals surface area contributed by atoms with Gasteiger partial charge in [-0.05, 0) is 65.6 Å². The van der Waals surface area contributed by atoms with Crippen LogP contribution in [0.1, 0.15) is 46.5 Å². The molecule has 5 nitrogen and oxygen atoms in total. The lowest BCUT2D eigenvalue weighted by Crippen LogP contribution is -2.36. The third kappa shape index (κ3) is 7.70. The Balaban J connectivity index is 2.10. The molecule has 0 radical (unpaired) electrons. The molecule has 0 unspecified atom stereocenters. The van der Waals surface area contributed by atoms with Crippen LogP contribution in [0.25, 0.3) is 0 Å². The highest BCUT2D eigenvalue weighted by Crippen LogP contribution is 2.16. The highest BCUT2D eigenvalue weighted by atomic mass is 16.6. The molecule has 1 aliphatic heterocycles. The van der Waals surface area contributed by atoms with Crippen molar-refractivity contribution >= 4 is 6.09 Å². The van der Waals surface area contributed by atoms with E-state index in [-0.39, 0.29) is 6.09 Å². The predicted octanol–water partition coefficient (Wildman–Crippen LogP) is 1.96. The van der Waals surface area contributed by atoms with Gasteiger partial charge in [0.25, 0.3) is 0 Å². The lowest BCUT2D eigenvalue weighted by atomic mass is 10.1. The van der Waals surface area contributed by atoms with Crippen LogP contribution < -0.4 is 11.1 Å². The van der Waals surface area contributed by atoms with Crippen molar-refractivity contribution in [1.29, 1.82) is 0 Å². The van der Waals surface area contributed by atoms with Crippen molar-refractivity contribution in [3.8, 4) is 0 Å². The molecule has 1 aliphatic rings. The van der Waals surface area contributed by atoms with Gasteiger partial charge in [-0.15, -0.1) is 0 Å². The minimum Gasteiger partial charge on any atom is -0.444 e. The number of unbranched alkanes of at least 4 members (excludes halogenated alkanes) is 2. The van der Waals surface area contributed by atoms with Gasteiger partial charge in [-0.25, -0.2) is 4.79 Å². The summed E-state index contributed by atoms with van der Waals surface area (Å²) in [5.41, 5.74) is 5.07. The van der Waals surface area contributed by atoms with Gasteiger partial charge in [0.2, 0.25) is 0 Å². The van der Waals surface area contributed by atoms with Crippen molar-refractivity contribution < 1.29 is 9.53 Å². The Morgan fingerprint density at radius 2 is 2.10 bits per heavy atom. The van der Waals surface area contributed by atoms with E-state index < -0.39 is 5.60 Å². The zero-order chi connectivity index (χ0) is 15.0. The Morgan fingerprint density at radius 3 is 2.75 bits per heavy atom. The summed E-state index contributed by atoms with van der Waals surface area (Å²) in [4.78, 5) is 14.1. The number of amides is 1. The van der Waals surface area contributed by atoms with Crippen LogP contribution in [0, 0.1) is 5.92 Å². The van der Waals surface area contributed by atoms with Crippen LogP contribution in [0.15, 0.2) is 0 Å². The highest BCUT2D eigenvalue weighted by molar-refractivity contribution is 5.67. The Morgan fingerprint density at radius 1 is 1.35 bits per heavy atom. The number of carbonyl (C=O) groups is 1. The summed E-state index contributed by atoms with van der Waals surface area (Å²) in [5, 5.41) is 2.87. The SMILES string of the molecule is CC(C)(C)OC(=O)NC[C@@H]1CCN(CCCCCN)C1. The lowest BCUT2D eigenvalue weighted by molar-refractivity contribution is 0.0519. The monoisotopic (exact) mass is 285 g/mol. The molecule has 0 bridgehead atoms. The molecule has 1 fully saturated rings. The third-order valence-corrected chi connectivity index (χ3v) is 3.48. The van der Waals surface area contributed by atoms with E-state index >= 15 is 0 Å². The first-order valence-corrected chi connectivity index (χ1v) is 7.80. The van der Waals surface area contributed by atoms with Crippen LogP contribution in [0.5, 0.6) is 0 Å². The van der Waals surface area contributed by atoms with Gasteiger partial charge in [0, 0.05) is 13.1 Å². The Kier molecular flexibility index (Phi) is 7.30. The van der Waals surface area contributed by atoms with Gasteiger partial charge >= 0.3 is 6.09 Å². The van der Waals surface area contributed by atoms with Crippen molar-refractivity contribution in [1.82, 2.24) is 10.2 Å². The predicted molar refractivity (Wildman–Crippen MR) is 81.7 cm³/mol. The van der Waals surface area contributed by atoms with Crippen LogP contribution in [-0.2, 0) is 4.74 Å². The van der Waals surface area contributed by atoms with Crippen molar-refractivity contribution in [3.63, 3.8) is 0 Å². The summed E-state index contributed by atoms with van der Waals surface area (Å²) in [7, 11) is 0. The van der Waals surface area contributed by atoms with Gasteiger partial charge in [-0.3, -0.25) is 0 Å². The molecule has 1 saturated heterocycles. The molecule has 0 spiro atoms. The molecule has 0 aromatic heterocycles. The molecule has 0 aliphatic carbocycles. The molecule has 0 aromatic rings. The fraction of sp³-hybridized carbons (Fsp3) is 0.933. The van der Waals surface area contributed by atoms with Gasteiger partial charge < -0.3 is 20.7 Å². The molecular weight excluding hydrogens is 254 g/mol. The average molecular weight is 285 g/mol. The van der Waals surface area contributed by atoms with E-state index in [9.17, 15) is 4.79 Å². The van der Waals surface area contributed by atoms with E-state index in [0.29, 0.717) is 12.5 Å². The summed E-state index contributed by atoms with van der Waals surface area (Å²) in [6.45, 7) is 10.5. The van der Waals surface area contributed by atoms with Gasteiger partial charge in [0.1, 0.15) is 5.60 Å². The fourth-order valence-corrected chi connectivity index (χ4v) is 2.48. The van der Waals surface area contributed by atoms with E-state index in [0.717, 1.165) is 39.0 Å². The maximum absolute atomic E-state index is 11.6. The number of alkyl carbamates (subject to hydrolysis) is 1. The van der Waals surface area contributed by atoms with Crippen LogP contribution in [0.3, 0.4) is 0 Å². The smallest absolute Gasteiger partial charge is 0.407 e. The lowest BCUT2D eigenvalue weighted by Gasteiger charge is -2.21. The first-order valence-electron chi connectivity index (χ1n) is 7.80. The largest absolute Gasteiger partial charge is 0.444 e. The van der Waals surface area contributed by atoms with Gasteiger partial charge in [-0.2, -0.15) is 0 Å². The highest BCUT2D eigenvalue weighted by Gasteiger charge is 2.23. The summed E-state index contributed by atoms with van der Waals surface area (Å²) in [5.74, 6) is 0.553. The van der Waals surface area contributed by atoms with Crippen molar-refractivity contribution in [3.05, 3.63) is 0 Å². The Hall–Kier alpha value is -0.810. The maximum atomic E-state index is 11.6. The molecular formula is C15H31N3O2. The molecule has 1 amide bonds. The molecule has 3 N–H and O–H groups in total. The van der Waals surface area contributed by atoms with Crippen molar-refractivity contribution in [2.24, 2.45) is 11.7 Å². The standard InChI is InChI=1S/C15H31N3O2/c1-15(2,3)20-14(19)17-11-13-7-10-18(12-13)9-6-4-5-8-16/h13H,4-12,16H2,1-3H3,(H,17,19)/t13-/m0/s1. The van der Waals surface area contributed by atoms with Gasteiger partial charge in [0.05, 0.1) is 0 Å². The maximum Gasteiger partial charge on any atom is 0.407 e. The second-order valence-corrected chi connectivity index (χ2v) is 6.69. The molecule has 20 heavy (non-hydrogen) atoms. The molecule has 0 aromatic carbocycles. The second kappa shape index (κ2) is 8.47. The summed E-state index contributed by atoms with van der Waals surface area (Å²) < 4.78 is 5.24. The van der Waals surface area contributed by atoms with E-state index in [1.54, 1.807) is 0 Å². The molecule has 0 saturated carbocycles. The number of hydrogen-bond acceptors (Lipinski definition) is 4.